The highest BCUT2D eigenvalue weighted by Gasteiger charge is 2.70. The molecule has 63 heavy (non-hydrogen) atoms. The molecule has 3 unspecified atom stereocenters. The normalized spacial score (nSPS) is 27.2. The highest BCUT2D eigenvalue weighted by Crippen LogP contribution is 2.67. The summed E-state index contributed by atoms with van der Waals surface area (Å²) in [5.74, 6) is -3.49. The molecule has 2 saturated carbocycles. The summed E-state index contributed by atoms with van der Waals surface area (Å²) in [6, 6.07) is 3.68. The Balaban J connectivity index is 1.24. The van der Waals surface area contributed by atoms with E-state index in [2.05, 4.69) is 14.5 Å². The summed E-state index contributed by atoms with van der Waals surface area (Å²) in [4.78, 5) is 110. The standard InChI is InChI=1S/C40H49N3O20/c1-38-15-13-26(44)20-25(38)10-11-28-29-14-16-40(39(29,2)21-30(45)35(28)38,62-34(47)8-6-18-59-41(50)51)33(46)23-58-37(49)61-31-12-9-24(19-32(31)56-3)36(48)57-17-5-4-7-27(63-43(54)55)22-60-42(52)53/h9-10,12-13,15,19,27-30,35,45H,4-8,11,14,16-18,20-23H2,1-3H3/t27?,28?,29?,30-,35+,38-,39-,40-/m0/s1. The van der Waals surface area contributed by atoms with E-state index in [4.69, 9.17) is 23.7 Å². The van der Waals surface area contributed by atoms with Crippen molar-refractivity contribution in [3.05, 3.63) is 77.9 Å². The molecule has 0 aliphatic heterocycles. The predicted octanol–water partition coefficient (Wildman–Crippen LogP) is 4.44. The minimum Gasteiger partial charge on any atom is -0.493 e. The fourth-order valence-electron chi connectivity index (χ4n) is 9.90. The van der Waals surface area contributed by atoms with Gasteiger partial charge in [-0.15, -0.1) is 30.3 Å². The Hall–Kier alpha value is -6.39. The van der Waals surface area contributed by atoms with Gasteiger partial charge < -0.3 is 43.3 Å². The topological polar surface area (TPSA) is 309 Å². The van der Waals surface area contributed by atoms with E-state index in [-0.39, 0.29) is 98.6 Å². The Bertz CT molecular complexity index is 2020. The average molecular weight is 892 g/mol. The molecule has 4 aliphatic carbocycles. The number of hydrogen-bond acceptors (Lipinski definition) is 20. The molecule has 0 saturated heterocycles. The Labute approximate surface area is 359 Å². The molecule has 0 bridgehead atoms. The quantitative estimate of drug-likeness (QED) is 0.0320. The van der Waals surface area contributed by atoms with E-state index >= 15 is 0 Å². The molecule has 5 rings (SSSR count). The van der Waals surface area contributed by atoms with Crippen LogP contribution in [0.25, 0.3) is 0 Å². The van der Waals surface area contributed by atoms with Crippen molar-refractivity contribution in [2.75, 3.05) is 33.5 Å². The second-order valence-electron chi connectivity index (χ2n) is 16.2. The lowest BCUT2D eigenvalue weighted by Gasteiger charge is -2.59. The zero-order chi connectivity index (χ0) is 46.1. The Morgan fingerprint density at radius 3 is 2.40 bits per heavy atom. The lowest BCUT2D eigenvalue weighted by atomic mass is 9.47. The van der Waals surface area contributed by atoms with E-state index in [1.807, 2.05) is 19.1 Å². The Morgan fingerprint density at radius 1 is 0.952 bits per heavy atom. The van der Waals surface area contributed by atoms with Gasteiger partial charge in [-0.2, -0.15) is 0 Å². The van der Waals surface area contributed by atoms with Crippen molar-refractivity contribution < 1.29 is 82.5 Å². The van der Waals surface area contributed by atoms with Gasteiger partial charge in [0.2, 0.25) is 5.78 Å². The summed E-state index contributed by atoms with van der Waals surface area (Å²) in [6.07, 6.45) is 3.08. The van der Waals surface area contributed by atoms with Gasteiger partial charge in [0, 0.05) is 29.6 Å². The van der Waals surface area contributed by atoms with Crippen LogP contribution in [0.15, 0.2) is 42.0 Å². The van der Waals surface area contributed by atoms with E-state index < -0.39 is 87.6 Å². The maximum atomic E-state index is 14.4. The molecule has 23 nitrogen and oxygen atoms in total. The Kier molecular flexibility index (Phi) is 15.3. The van der Waals surface area contributed by atoms with Crippen molar-refractivity contribution in [2.45, 2.75) is 95.9 Å². The van der Waals surface area contributed by atoms with Crippen LogP contribution in [0.5, 0.6) is 11.5 Å². The molecule has 0 heterocycles. The van der Waals surface area contributed by atoms with Crippen molar-refractivity contribution >= 4 is 29.7 Å². The van der Waals surface area contributed by atoms with Crippen LogP contribution in [0, 0.1) is 58.9 Å². The first-order chi connectivity index (χ1) is 29.8. The highest BCUT2D eigenvalue weighted by molar-refractivity contribution is 5.94. The van der Waals surface area contributed by atoms with Crippen molar-refractivity contribution in [1.82, 2.24) is 0 Å². The third-order valence-electron chi connectivity index (χ3n) is 12.7. The number of ether oxygens (including phenoxy) is 5. The fraction of sp³-hybridized carbons (Fsp3) is 0.625. The fourth-order valence-corrected chi connectivity index (χ4v) is 9.90. The number of esters is 2. The first-order valence-corrected chi connectivity index (χ1v) is 20.2. The summed E-state index contributed by atoms with van der Waals surface area (Å²) in [5.41, 5.74) is -2.74. The second-order valence-corrected chi connectivity index (χ2v) is 16.2. The first-order valence-electron chi connectivity index (χ1n) is 20.2. The lowest BCUT2D eigenvalue weighted by Crippen LogP contribution is -2.63. The zero-order valence-corrected chi connectivity index (χ0v) is 34.8. The number of hydrogen-bond donors (Lipinski definition) is 1. The number of carbonyl (C=O) groups is 5. The van der Waals surface area contributed by atoms with E-state index in [0.717, 1.165) is 5.57 Å². The van der Waals surface area contributed by atoms with Gasteiger partial charge in [-0.05, 0) is 87.5 Å². The number of aliphatic hydroxyl groups is 1. The molecule has 344 valence electrons. The zero-order valence-electron chi connectivity index (χ0n) is 34.8. The molecule has 0 radical (unpaired) electrons. The van der Waals surface area contributed by atoms with Crippen LogP contribution in [0.4, 0.5) is 4.79 Å². The van der Waals surface area contributed by atoms with Crippen LogP contribution in [0.2, 0.25) is 0 Å². The molecule has 1 N–H and O–H groups in total. The molecule has 0 aromatic heterocycles. The van der Waals surface area contributed by atoms with E-state index in [1.165, 1.54) is 31.4 Å². The number of carbonyl (C=O) groups excluding carboxylic acids is 5. The van der Waals surface area contributed by atoms with Crippen LogP contribution in [-0.4, -0.2) is 101 Å². The number of Topliss-reactive ketones (excluding diaryl/α,β-unsaturated/α-hetero) is 1. The van der Waals surface area contributed by atoms with Crippen LogP contribution < -0.4 is 9.47 Å². The minimum atomic E-state index is -1.88. The van der Waals surface area contributed by atoms with Gasteiger partial charge in [0.25, 0.3) is 15.3 Å². The van der Waals surface area contributed by atoms with Gasteiger partial charge in [0.1, 0.15) is 12.7 Å². The average Bonchev–Trinajstić information content (AvgIpc) is 3.51. The van der Waals surface area contributed by atoms with Gasteiger partial charge in [-0.25, -0.2) is 9.59 Å². The van der Waals surface area contributed by atoms with Crippen LogP contribution in [0.1, 0.15) is 88.4 Å². The summed E-state index contributed by atoms with van der Waals surface area (Å²) >= 11 is 0. The molecule has 23 heteroatoms. The van der Waals surface area contributed by atoms with Crippen molar-refractivity contribution in [1.29, 1.82) is 0 Å². The van der Waals surface area contributed by atoms with E-state index in [0.29, 0.717) is 12.8 Å². The van der Waals surface area contributed by atoms with E-state index in [1.54, 1.807) is 6.92 Å². The number of methoxy groups -OCH3 is 1. The number of fused-ring (bicyclic) bond motifs is 5. The molecule has 0 amide bonds. The molecular weight excluding hydrogens is 842 g/mol. The van der Waals surface area contributed by atoms with Crippen LogP contribution in [0.3, 0.4) is 0 Å². The number of rotatable bonds is 22. The smallest absolute Gasteiger partial charge is 0.493 e. The number of nitrogens with zero attached hydrogens (tertiary/aromatic N) is 3. The third kappa shape index (κ3) is 10.8. The summed E-state index contributed by atoms with van der Waals surface area (Å²) in [7, 11) is 1.23. The molecule has 2 fully saturated rings. The molecule has 8 atom stereocenters. The van der Waals surface area contributed by atoms with Gasteiger partial charge >= 0.3 is 18.1 Å². The molecule has 1 aromatic carbocycles. The maximum Gasteiger partial charge on any atom is 0.514 e. The molecule has 1 aromatic rings. The summed E-state index contributed by atoms with van der Waals surface area (Å²) in [5, 5.41) is 40.4. The van der Waals surface area contributed by atoms with Gasteiger partial charge in [0.05, 0.1) is 32.0 Å². The van der Waals surface area contributed by atoms with Gasteiger partial charge in [-0.3, -0.25) is 14.4 Å². The lowest BCUT2D eigenvalue weighted by molar-refractivity contribution is -0.790. The van der Waals surface area contributed by atoms with Crippen molar-refractivity contribution in [2.24, 2.45) is 28.6 Å². The second kappa shape index (κ2) is 20.2. The van der Waals surface area contributed by atoms with Crippen molar-refractivity contribution in [3.63, 3.8) is 0 Å². The van der Waals surface area contributed by atoms with Crippen molar-refractivity contribution in [3.8, 4) is 11.5 Å². The SMILES string of the molecule is COc1cc(C(=O)OCCCCC(CO[N+](=O)[O-])O[N+](=O)[O-])ccc1OC(=O)OCC(=O)[C@@]1(OC(=O)CCCO[N+](=O)[O-])CCC2C3CC=C4CC(=O)C=C[C@]4(C)[C@H]3[C@@H](O)C[C@@]21C. The monoisotopic (exact) mass is 891 g/mol. The Morgan fingerprint density at radius 2 is 1.70 bits per heavy atom. The number of unbranched alkanes of at least 4 members (excludes halogenated alkanes) is 1. The van der Waals surface area contributed by atoms with Gasteiger partial charge in [0.15, 0.2) is 29.5 Å². The van der Waals surface area contributed by atoms with Gasteiger partial charge in [-0.1, -0.05) is 31.6 Å². The third-order valence-corrected chi connectivity index (χ3v) is 12.7. The number of ketones is 2. The summed E-state index contributed by atoms with van der Waals surface area (Å²) < 4.78 is 27.2. The molecular formula is C40H49N3O20. The van der Waals surface area contributed by atoms with Crippen LogP contribution in [-0.2, 0) is 43.1 Å². The molecule has 4 aliphatic rings. The largest absolute Gasteiger partial charge is 0.514 e. The minimum absolute atomic E-state index is 0.00554. The predicted molar refractivity (Wildman–Crippen MR) is 208 cm³/mol. The molecule has 0 spiro atoms. The summed E-state index contributed by atoms with van der Waals surface area (Å²) in [6.45, 7) is 1.65. The highest BCUT2D eigenvalue weighted by atomic mass is 17.0. The van der Waals surface area contributed by atoms with E-state index in [9.17, 15) is 59.4 Å². The maximum absolute atomic E-state index is 14.4. The number of aliphatic hydroxyl groups excluding tert-OH is 1. The first kappa shape index (κ1) is 47.7. The number of allylic oxidation sites excluding steroid dienone is 4. The number of benzene rings is 1. The van der Waals surface area contributed by atoms with Crippen LogP contribution >= 0.6 is 0 Å².